The van der Waals surface area contributed by atoms with Gasteiger partial charge in [-0.2, -0.15) is 0 Å². The van der Waals surface area contributed by atoms with Crippen molar-refractivity contribution in [1.82, 2.24) is 20.1 Å². The van der Waals surface area contributed by atoms with Crippen LogP contribution in [0.1, 0.15) is 32.6 Å². The Kier molecular flexibility index (Phi) is 6.83. The van der Waals surface area contributed by atoms with E-state index in [4.69, 9.17) is 16.3 Å². The summed E-state index contributed by atoms with van der Waals surface area (Å²) in [7, 11) is 1.63. The van der Waals surface area contributed by atoms with Gasteiger partial charge in [-0.3, -0.25) is 9.36 Å². The standard InChI is InChI=1S/C23H25ClN4O2S/c1-15(22(29)25-16-7-3-4-8-16)31-23-27-26-21(19-9-5-6-10-20(19)24)28(23)17-11-13-18(30-2)14-12-17/h5-6,9-16H,3-4,7-8H2,1-2H3,(H,25,29)/t15-/m1/s1. The van der Waals surface area contributed by atoms with Crippen molar-refractivity contribution < 1.29 is 9.53 Å². The van der Waals surface area contributed by atoms with Gasteiger partial charge >= 0.3 is 0 Å². The first-order chi connectivity index (χ1) is 15.1. The van der Waals surface area contributed by atoms with Gasteiger partial charge in [-0.1, -0.05) is 48.3 Å². The number of nitrogens with zero attached hydrogens (tertiary/aromatic N) is 3. The molecular formula is C23H25ClN4O2S. The van der Waals surface area contributed by atoms with Gasteiger partial charge in [-0.25, -0.2) is 0 Å². The summed E-state index contributed by atoms with van der Waals surface area (Å²) in [6.07, 6.45) is 4.47. The number of benzene rings is 2. The number of hydrogen-bond acceptors (Lipinski definition) is 5. The van der Waals surface area contributed by atoms with Crippen LogP contribution in [0.3, 0.4) is 0 Å². The summed E-state index contributed by atoms with van der Waals surface area (Å²) in [6, 6.07) is 15.5. The lowest BCUT2D eigenvalue weighted by Gasteiger charge is -2.17. The fourth-order valence-corrected chi connectivity index (χ4v) is 4.82. The predicted octanol–water partition coefficient (Wildman–Crippen LogP) is 5.14. The summed E-state index contributed by atoms with van der Waals surface area (Å²) >= 11 is 7.85. The predicted molar refractivity (Wildman–Crippen MR) is 124 cm³/mol. The van der Waals surface area contributed by atoms with Gasteiger partial charge in [0.05, 0.1) is 17.4 Å². The van der Waals surface area contributed by atoms with E-state index in [2.05, 4.69) is 15.5 Å². The molecule has 31 heavy (non-hydrogen) atoms. The summed E-state index contributed by atoms with van der Waals surface area (Å²) in [5, 5.41) is 12.9. The van der Waals surface area contributed by atoms with E-state index < -0.39 is 0 Å². The SMILES string of the molecule is COc1ccc(-n2c(S[C@H](C)C(=O)NC3CCCC3)nnc2-c2ccccc2Cl)cc1. The summed E-state index contributed by atoms with van der Waals surface area (Å²) in [4.78, 5) is 12.7. The second-order valence-electron chi connectivity index (χ2n) is 7.57. The fourth-order valence-electron chi connectivity index (χ4n) is 3.73. The zero-order valence-corrected chi connectivity index (χ0v) is 19.1. The molecule has 0 unspecified atom stereocenters. The number of carbonyl (C=O) groups excluding carboxylic acids is 1. The van der Waals surface area contributed by atoms with Gasteiger partial charge in [0.1, 0.15) is 5.75 Å². The number of ether oxygens (including phenoxy) is 1. The summed E-state index contributed by atoms with van der Waals surface area (Å²) < 4.78 is 7.23. The molecule has 0 bridgehead atoms. The van der Waals surface area contributed by atoms with Gasteiger partial charge < -0.3 is 10.1 Å². The number of aromatic nitrogens is 3. The first-order valence-electron chi connectivity index (χ1n) is 10.4. The maximum atomic E-state index is 12.7. The van der Waals surface area contributed by atoms with Gasteiger partial charge in [-0.05, 0) is 56.2 Å². The zero-order chi connectivity index (χ0) is 21.8. The molecular weight excluding hydrogens is 432 g/mol. The van der Waals surface area contributed by atoms with Crippen LogP contribution in [-0.2, 0) is 4.79 Å². The van der Waals surface area contributed by atoms with E-state index in [1.807, 2.05) is 60.0 Å². The van der Waals surface area contributed by atoms with E-state index in [1.54, 1.807) is 7.11 Å². The Balaban J connectivity index is 1.66. The average Bonchev–Trinajstić information content (AvgIpc) is 3.44. The molecule has 162 valence electrons. The highest BCUT2D eigenvalue weighted by atomic mass is 35.5. The smallest absolute Gasteiger partial charge is 0.233 e. The van der Waals surface area contributed by atoms with Crippen molar-refractivity contribution in [3.05, 3.63) is 53.6 Å². The molecule has 1 atom stereocenters. The maximum absolute atomic E-state index is 12.7. The first-order valence-corrected chi connectivity index (χ1v) is 11.6. The molecule has 1 N–H and O–H groups in total. The number of amides is 1. The van der Waals surface area contributed by atoms with Crippen molar-refractivity contribution in [1.29, 1.82) is 0 Å². The lowest BCUT2D eigenvalue weighted by Crippen LogP contribution is -2.37. The van der Waals surface area contributed by atoms with E-state index in [-0.39, 0.29) is 17.2 Å². The summed E-state index contributed by atoms with van der Waals surface area (Å²) in [5.41, 5.74) is 1.65. The van der Waals surface area contributed by atoms with Gasteiger partial charge in [0.15, 0.2) is 11.0 Å². The quantitative estimate of drug-likeness (QED) is 0.499. The van der Waals surface area contributed by atoms with Crippen LogP contribution in [0.2, 0.25) is 5.02 Å². The molecule has 3 aromatic rings. The van der Waals surface area contributed by atoms with Crippen LogP contribution < -0.4 is 10.1 Å². The minimum atomic E-state index is -0.305. The Morgan fingerprint density at radius 1 is 1.16 bits per heavy atom. The third-order valence-electron chi connectivity index (χ3n) is 5.43. The number of thioether (sulfide) groups is 1. The number of hydrogen-bond donors (Lipinski definition) is 1. The van der Waals surface area contributed by atoms with E-state index in [0.717, 1.165) is 29.8 Å². The normalized spacial score (nSPS) is 15.1. The molecule has 2 aromatic carbocycles. The molecule has 1 aliphatic rings. The highest BCUT2D eigenvalue weighted by Crippen LogP contribution is 2.33. The number of carbonyl (C=O) groups is 1. The number of halogens is 1. The monoisotopic (exact) mass is 456 g/mol. The summed E-state index contributed by atoms with van der Waals surface area (Å²) in [6.45, 7) is 1.90. The Hall–Kier alpha value is -2.51. The molecule has 1 heterocycles. The van der Waals surface area contributed by atoms with Crippen LogP contribution in [0.4, 0.5) is 0 Å². The second kappa shape index (κ2) is 9.75. The molecule has 1 aromatic heterocycles. The lowest BCUT2D eigenvalue weighted by atomic mass is 10.2. The van der Waals surface area contributed by atoms with E-state index in [9.17, 15) is 4.79 Å². The van der Waals surface area contributed by atoms with E-state index in [0.29, 0.717) is 16.0 Å². The first kappa shape index (κ1) is 21.7. The number of nitrogens with one attached hydrogen (secondary N) is 1. The molecule has 6 nitrogen and oxygen atoms in total. The maximum Gasteiger partial charge on any atom is 0.233 e. The van der Waals surface area contributed by atoms with Crippen molar-refractivity contribution in [2.45, 2.75) is 49.1 Å². The Bertz CT molecular complexity index is 1050. The van der Waals surface area contributed by atoms with Crippen molar-refractivity contribution >= 4 is 29.3 Å². The van der Waals surface area contributed by atoms with Gasteiger partial charge in [0.25, 0.3) is 0 Å². The second-order valence-corrected chi connectivity index (χ2v) is 9.28. The third-order valence-corrected chi connectivity index (χ3v) is 6.80. The number of rotatable bonds is 7. The molecule has 1 aliphatic carbocycles. The van der Waals surface area contributed by atoms with Crippen molar-refractivity contribution in [2.75, 3.05) is 7.11 Å². The molecule has 0 spiro atoms. The van der Waals surface area contributed by atoms with Crippen molar-refractivity contribution in [3.63, 3.8) is 0 Å². The topological polar surface area (TPSA) is 69.0 Å². The van der Waals surface area contributed by atoms with Crippen LogP contribution in [-0.4, -0.2) is 39.1 Å². The molecule has 0 aliphatic heterocycles. The van der Waals surface area contributed by atoms with Gasteiger partial charge in [0.2, 0.25) is 5.91 Å². The molecule has 0 radical (unpaired) electrons. The Morgan fingerprint density at radius 3 is 2.55 bits per heavy atom. The lowest BCUT2D eigenvalue weighted by molar-refractivity contribution is -0.120. The Labute approximate surface area is 191 Å². The van der Waals surface area contributed by atoms with Crippen LogP contribution in [0.15, 0.2) is 53.7 Å². The van der Waals surface area contributed by atoms with E-state index >= 15 is 0 Å². The fraction of sp³-hybridized carbons (Fsp3) is 0.348. The minimum Gasteiger partial charge on any atom is -0.497 e. The average molecular weight is 457 g/mol. The van der Waals surface area contributed by atoms with Crippen LogP contribution >= 0.6 is 23.4 Å². The molecule has 1 saturated carbocycles. The molecule has 1 amide bonds. The molecule has 8 heteroatoms. The number of methoxy groups -OCH3 is 1. The van der Waals surface area contributed by atoms with Crippen LogP contribution in [0.5, 0.6) is 5.75 Å². The van der Waals surface area contributed by atoms with Crippen LogP contribution in [0.25, 0.3) is 17.1 Å². The van der Waals surface area contributed by atoms with Gasteiger partial charge in [-0.15, -0.1) is 10.2 Å². The van der Waals surface area contributed by atoms with Crippen molar-refractivity contribution in [2.24, 2.45) is 0 Å². The largest absolute Gasteiger partial charge is 0.497 e. The zero-order valence-electron chi connectivity index (χ0n) is 17.5. The van der Waals surface area contributed by atoms with Crippen molar-refractivity contribution in [3.8, 4) is 22.8 Å². The highest BCUT2D eigenvalue weighted by molar-refractivity contribution is 8.00. The minimum absolute atomic E-state index is 0.0282. The highest BCUT2D eigenvalue weighted by Gasteiger charge is 2.25. The Morgan fingerprint density at radius 2 is 1.87 bits per heavy atom. The molecule has 1 fully saturated rings. The van der Waals surface area contributed by atoms with Crippen LogP contribution in [0, 0.1) is 0 Å². The molecule has 0 saturated heterocycles. The van der Waals surface area contributed by atoms with E-state index in [1.165, 1.54) is 24.6 Å². The van der Waals surface area contributed by atoms with Gasteiger partial charge in [0, 0.05) is 17.3 Å². The molecule has 4 rings (SSSR count). The third kappa shape index (κ3) is 4.88. The summed E-state index contributed by atoms with van der Waals surface area (Å²) in [5.74, 6) is 1.41.